The van der Waals surface area contributed by atoms with Gasteiger partial charge in [-0.2, -0.15) is 0 Å². The maximum atomic E-state index is 11.0. The molecule has 0 radical (unpaired) electrons. The molecule has 0 aliphatic carbocycles. The van der Waals surface area contributed by atoms with E-state index in [0.717, 1.165) is 22.0 Å². The van der Waals surface area contributed by atoms with Crippen LogP contribution < -0.4 is 0 Å². The van der Waals surface area contributed by atoms with Crippen LogP contribution in [0.4, 0.5) is 0 Å². The van der Waals surface area contributed by atoms with Crippen LogP contribution in [-0.2, 0) is 12.0 Å². The summed E-state index contributed by atoms with van der Waals surface area (Å²) in [5, 5.41) is 11.0. The number of hydrogen-bond acceptors (Lipinski definition) is 1. The van der Waals surface area contributed by atoms with Gasteiger partial charge in [0.2, 0.25) is 0 Å². The van der Waals surface area contributed by atoms with Gasteiger partial charge in [0.15, 0.2) is 0 Å². The highest BCUT2D eigenvalue weighted by molar-refractivity contribution is 9.10. The quantitative estimate of drug-likeness (QED) is 0.869. The summed E-state index contributed by atoms with van der Waals surface area (Å²) in [4.78, 5) is 0. The van der Waals surface area contributed by atoms with Gasteiger partial charge in [-0.1, -0.05) is 66.2 Å². The first-order chi connectivity index (χ1) is 9.10. The molecule has 0 fully saturated rings. The molecule has 1 atom stereocenters. The summed E-state index contributed by atoms with van der Waals surface area (Å²) in [6.07, 6.45) is 1.66. The Kier molecular flexibility index (Phi) is 4.43. The molecular weight excluding hydrogens is 300 g/mol. The summed E-state index contributed by atoms with van der Waals surface area (Å²) in [6.45, 7) is 4.14. The molecule has 1 unspecified atom stereocenters. The molecular formula is C17H19BrO. The molecule has 1 N–H and O–H groups in total. The van der Waals surface area contributed by atoms with E-state index in [1.165, 1.54) is 5.56 Å². The van der Waals surface area contributed by atoms with E-state index >= 15 is 0 Å². The van der Waals surface area contributed by atoms with E-state index in [9.17, 15) is 5.11 Å². The number of aliphatic hydroxyl groups is 1. The Balaban J connectivity index is 2.46. The van der Waals surface area contributed by atoms with Crippen molar-refractivity contribution in [3.8, 4) is 0 Å². The molecule has 0 saturated heterocycles. The highest BCUT2D eigenvalue weighted by atomic mass is 79.9. The highest BCUT2D eigenvalue weighted by Crippen LogP contribution is 2.34. The molecule has 0 spiro atoms. The lowest BCUT2D eigenvalue weighted by Crippen LogP contribution is -2.26. The minimum atomic E-state index is -0.921. The van der Waals surface area contributed by atoms with Crippen molar-refractivity contribution < 1.29 is 5.11 Å². The molecule has 0 aliphatic rings. The number of benzene rings is 2. The third kappa shape index (κ3) is 2.90. The van der Waals surface area contributed by atoms with E-state index in [0.29, 0.717) is 6.42 Å². The van der Waals surface area contributed by atoms with E-state index in [2.05, 4.69) is 35.0 Å². The van der Waals surface area contributed by atoms with Crippen LogP contribution in [0.25, 0.3) is 0 Å². The summed E-state index contributed by atoms with van der Waals surface area (Å²) < 4.78 is 0.988. The lowest BCUT2D eigenvalue weighted by atomic mass is 9.84. The van der Waals surface area contributed by atoms with Crippen LogP contribution in [0.1, 0.15) is 37.0 Å². The lowest BCUT2D eigenvalue weighted by Gasteiger charge is -2.28. The van der Waals surface area contributed by atoms with Gasteiger partial charge >= 0.3 is 0 Å². The minimum absolute atomic E-state index is 0.648. The van der Waals surface area contributed by atoms with Crippen molar-refractivity contribution in [2.45, 2.75) is 32.3 Å². The average molecular weight is 319 g/mol. The largest absolute Gasteiger partial charge is 0.380 e. The van der Waals surface area contributed by atoms with Crippen LogP contribution in [0.15, 0.2) is 53.0 Å². The van der Waals surface area contributed by atoms with E-state index in [1.807, 2.05) is 43.3 Å². The molecule has 0 bridgehead atoms. The van der Waals surface area contributed by atoms with Gasteiger partial charge in [0.1, 0.15) is 5.60 Å². The Morgan fingerprint density at radius 1 is 1.00 bits per heavy atom. The number of halogens is 1. The smallest absolute Gasteiger partial charge is 0.114 e. The Labute approximate surface area is 123 Å². The predicted molar refractivity (Wildman–Crippen MR) is 83.3 cm³/mol. The van der Waals surface area contributed by atoms with Gasteiger partial charge in [-0.15, -0.1) is 0 Å². The molecule has 0 aromatic heterocycles. The van der Waals surface area contributed by atoms with E-state index in [-0.39, 0.29) is 0 Å². The van der Waals surface area contributed by atoms with Crippen molar-refractivity contribution in [1.82, 2.24) is 0 Å². The first kappa shape index (κ1) is 14.3. The van der Waals surface area contributed by atoms with Gasteiger partial charge in [-0.25, -0.2) is 0 Å². The summed E-state index contributed by atoms with van der Waals surface area (Å²) in [5.41, 5.74) is 2.24. The summed E-state index contributed by atoms with van der Waals surface area (Å²) in [6, 6.07) is 16.1. The zero-order valence-electron chi connectivity index (χ0n) is 11.4. The zero-order valence-corrected chi connectivity index (χ0v) is 12.9. The second kappa shape index (κ2) is 5.89. The van der Waals surface area contributed by atoms with Crippen molar-refractivity contribution in [1.29, 1.82) is 0 Å². The molecule has 2 aromatic rings. The molecule has 0 amide bonds. The fourth-order valence-corrected chi connectivity index (χ4v) is 2.74. The summed E-state index contributed by atoms with van der Waals surface area (Å²) in [7, 11) is 0. The van der Waals surface area contributed by atoms with Gasteiger partial charge in [-0.3, -0.25) is 0 Å². The van der Waals surface area contributed by atoms with Gasteiger partial charge in [0, 0.05) is 4.47 Å². The Morgan fingerprint density at radius 3 is 2.21 bits per heavy atom. The molecule has 1 nitrogen and oxygen atoms in total. The molecule has 19 heavy (non-hydrogen) atoms. The first-order valence-corrected chi connectivity index (χ1v) is 7.47. The molecule has 2 aromatic carbocycles. The van der Waals surface area contributed by atoms with Crippen molar-refractivity contribution in [3.05, 3.63) is 69.7 Å². The first-order valence-electron chi connectivity index (χ1n) is 6.68. The van der Waals surface area contributed by atoms with Gasteiger partial charge in [-0.05, 0) is 41.7 Å². The third-order valence-electron chi connectivity index (χ3n) is 3.65. The Morgan fingerprint density at radius 2 is 1.68 bits per heavy atom. The SMILES string of the molecule is CCc1ccc(C(O)(CC)c2cccc(Br)c2)cc1. The Hall–Kier alpha value is -1.12. The van der Waals surface area contributed by atoms with E-state index in [1.54, 1.807) is 0 Å². The molecule has 2 heteroatoms. The minimum Gasteiger partial charge on any atom is -0.380 e. The molecule has 0 aliphatic heterocycles. The molecule has 2 rings (SSSR count). The van der Waals surface area contributed by atoms with E-state index in [4.69, 9.17) is 0 Å². The van der Waals surface area contributed by atoms with Crippen LogP contribution >= 0.6 is 15.9 Å². The van der Waals surface area contributed by atoms with E-state index < -0.39 is 5.60 Å². The zero-order chi connectivity index (χ0) is 13.9. The van der Waals surface area contributed by atoms with Crippen LogP contribution in [0.2, 0.25) is 0 Å². The molecule has 0 heterocycles. The lowest BCUT2D eigenvalue weighted by molar-refractivity contribution is 0.0764. The van der Waals surface area contributed by atoms with Crippen molar-refractivity contribution in [3.63, 3.8) is 0 Å². The van der Waals surface area contributed by atoms with Gasteiger partial charge in [0.05, 0.1) is 0 Å². The van der Waals surface area contributed by atoms with Gasteiger partial charge < -0.3 is 5.11 Å². The average Bonchev–Trinajstić information content (AvgIpc) is 2.46. The van der Waals surface area contributed by atoms with Crippen LogP contribution in [0, 0.1) is 0 Å². The Bertz CT molecular complexity index is 547. The fraction of sp³-hybridized carbons (Fsp3) is 0.294. The van der Waals surface area contributed by atoms with Crippen LogP contribution in [0.3, 0.4) is 0 Å². The number of rotatable bonds is 4. The standard InChI is InChI=1S/C17H19BrO/c1-3-13-8-10-14(11-9-13)17(19,4-2)15-6-5-7-16(18)12-15/h5-12,19H,3-4H2,1-2H3. The van der Waals surface area contributed by atoms with Crippen molar-refractivity contribution in [2.24, 2.45) is 0 Å². The number of hydrogen-bond donors (Lipinski definition) is 1. The topological polar surface area (TPSA) is 20.2 Å². The van der Waals surface area contributed by atoms with Crippen molar-refractivity contribution >= 4 is 15.9 Å². The fourth-order valence-electron chi connectivity index (χ4n) is 2.34. The molecule has 0 saturated carbocycles. The highest BCUT2D eigenvalue weighted by Gasteiger charge is 2.29. The maximum Gasteiger partial charge on any atom is 0.114 e. The number of aryl methyl sites for hydroxylation is 1. The van der Waals surface area contributed by atoms with Crippen LogP contribution in [-0.4, -0.2) is 5.11 Å². The molecule has 100 valence electrons. The third-order valence-corrected chi connectivity index (χ3v) is 4.15. The predicted octanol–water partition coefficient (Wildman–Crippen LogP) is 4.66. The van der Waals surface area contributed by atoms with Crippen molar-refractivity contribution in [2.75, 3.05) is 0 Å². The normalized spacial score (nSPS) is 14.1. The van der Waals surface area contributed by atoms with Crippen LogP contribution in [0.5, 0.6) is 0 Å². The summed E-state index contributed by atoms with van der Waals surface area (Å²) in [5.74, 6) is 0. The second-order valence-corrected chi connectivity index (χ2v) is 5.69. The van der Waals surface area contributed by atoms with Gasteiger partial charge in [0.25, 0.3) is 0 Å². The summed E-state index contributed by atoms with van der Waals surface area (Å²) >= 11 is 3.47. The monoisotopic (exact) mass is 318 g/mol. The second-order valence-electron chi connectivity index (χ2n) is 4.77. The maximum absolute atomic E-state index is 11.0.